The molecule has 2 rings (SSSR count). The van der Waals surface area contributed by atoms with Crippen LogP contribution in [0.5, 0.6) is 0 Å². The number of hydrogen-bond acceptors (Lipinski definition) is 3. The molecular formula is C15H16ClN3O. The van der Waals surface area contributed by atoms with Gasteiger partial charge in [0.1, 0.15) is 0 Å². The first-order valence-electron chi connectivity index (χ1n) is 6.37. The summed E-state index contributed by atoms with van der Waals surface area (Å²) in [7, 11) is 0. The summed E-state index contributed by atoms with van der Waals surface area (Å²) < 4.78 is 0. The number of pyridine rings is 1. The van der Waals surface area contributed by atoms with Crippen LogP contribution in [0.1, 0.15) is 22.8 Å². The maximum atomic E-state index is 12.3. The number of amides is 1. The van der Waals surface area contributed by atoms with E-state index >= 15 is 0 Å². The molecule has 0 atom stereocenters. The van der Waals surface area contributed by atoms with Gasteiger partial charge in [-0.1, -0.05) is 17.7 Å². The van der Waals surface area contributed by atoms with Crippen LogP contribution in [0.2, 0.25) is 5.02 Å². The minimum atomic E-state index is -0.214. The minimum absolute atomic E-state index is 0.214. The number of aromatic nitrogens is 1. The number of nitrogens with zero attached hydrogens (tertiary/aromatic N) is 1. The van der Waals surface area contributed by atoms with Gasteiger partial charge in [-0.15, -0.1) is 0 Å². The van der Waals surface area contributed by atoms with Crippen molar-refractivity contribution in [3.63, 3.8) is 0 Å². The summed E-state index contributed by atoms with van der Waals surface area (Å²) in [6.07, 6.45) is 3.20. The highest BCUT2D eigenvalue weighted by Gasteiger charge is 2.11. The van der Waals surface area contributed by atoms with Gasteiger partial charge in [-0.05, 0) is 37.6 Å². The molecule has 0 aliphatic heterocycles. The highest BCUT2D eigenvalue weighted by Crippen LogP contribution is 2.21. The van der Waals surface area contributed by atoms with Crippen molar-refractivity contribution in [3.8, 4) is 0 Å². The van der Waals surface area contributed by atoms with Gasteiger partial charge in [0.15, 0.2) is 0 Å². The average Bonchev–Trinajstić information content (AvgIpc) is 2.44. The number of carbonyl (C=O) groups is 1. The van der Waals surface area contributed by atoms with E-state index in [0.717, 1.165) is 17.8 Å². The molecule has 1 amide bonds. The maximum absolute atomic E-state index is 12.3. The molecule has 0 unspecified atom stereocenters. The molecular weight excluding hydrogens is 274 g/mol. The van der Waals surface area contributed by atoms with Crippen LogP contribution in [-0.4, -0.2) is 17.4 Å². The van der Waals surface area contributed by atoms with E-state index in [1.165, 1.54) is 0 Å². The Morgan fingerprint density at radius 1 is 1.35 bits per heavy atom. The van der Waals surface area contributed by atoms with Crippen LogP contribution in [0.25, 0.3) is 0 Å². The number of anilines is 2. The van der Waals surface area contributed by atoms with Crippen molar-refractivity contribution < 1.29 is 4.79 Å². The largest absolute Gasteiger partial charge is 0.385 e. The van der Waals surface area contributed by atoms with Crippen molar-refractivity contribution in [3.05, 3.63) is 52.8 Å². The Kier molecular flexibility index (Phi) is 4.58. The molecule has 0 saturated carbocycles. The third kappa shape index (κ3) is 3.27. The molecule has 0 radical (unpaired) electrons. The van der Waals surface area contributed by atoms with E-state index in [-0.39, 0.29) is 5.91 Å². The van der Waals surface area contributed by atoms with Crippen LogP contribution in [-0.2, 0) is 0 Å². The molecule has 1 aromatic carbocycles. The van der Waals surface area contributed by atoms with Gasteiger partial charge in [-0.3, -0.25) is 9.78 Å². The summed E-state index contributed by atoms with van der Waals surface area (Å²) in [4.78, 5) is 16.3. The van der Waals surface area contributed by atoms with Gasteiger partial charge >= 0.3 is 0 Å². The third-order valence-corrected chi connectivity index (χ3v) is 3.27. The molecule has 0 saturated heterocycles. The van der Waals surface area contributed by atoms with Gasteiger partial charge in [0.25, 0.3) is 5.91 Å². The zero-order valence-electron chi connectivity index (χ0n) is 11.4. The highest BCUT2D eigenvalue weighted by atomic mass is 35.5. The van der Waals surface area contributed by atoms with Crippen molar-refractivity contribution in [1.29, 1.82) is 0 Å². The standard InChI is InChI=1S/C15H16ClN3O/c1-3-18-14-6-7-17-9-12(14)15(20)19-11-5-4-10(2)13(16)8-11/h4-9H,3H2,1-2H3,(H,17,18)(H,19,20). The molecule has 2 N–H and O–H groups in total. The smallest absolute Gasteiger partial charge is 0.259 e. The number of benzene rings is 1. The number of rotatable bonds is 4. The molecule has 104 valence electrons. The van der Waals surface area contributed by atoms with Crippen LogP contribution in [0, 0.1) is 6.92 Å². The SMILES string of the molecule is CCNc1ccncc1C(=O)Nc1ccc(C)c(Cl)c1. The highest BCUT2D eigenvalue weighted by molar-refractivity contribution is 6.31. The average molecular weight is 290 g/mol. The van der Waals surface area contributed by atoms with E-state index in [1.807, 2.05) is 26.0 Å². The first-order valence-corrected chi connectivity index (χ1v) is 6.75. The Labute approximate surface area is 123 Å². The van der Waals surface area contributed by atoms with Crippen LogP contribution in [0.4, 0.5) is 11.4 Å². The Morgan fingerprint density at radius 2 is 2.15 bits per heavy atom. The topological polar surface area (TPSA) is 54.0 Å². The van der Waals surface area contributed by atoms with Crippen LogP contribution in [0.15, 0.2) is 36.7 Å². The van der Waals surface area contributed by atoms with Crippen molar-refractivity contribution in [2.24, 2.45) is 0 Å². The summed E-state index contributed by atoms with van der Waals surface area (Å²) in [6.45, 7) is 4.63. The molecule has 0 aliphatic rings. The van der Waals surface area contributed by atoms with E-state index in [9.17, 15) is 4.79 Å². The van der Waals surface area contributed by atoms with Gasteiger partial charge in [0.2, 0.25) is 0 Å². The quantitative estimate of drug-likeness (QED) is 0.902. The maximum Gasteiger partial charge on any atom is 0.259 e. The lowest BCUT2D eigenvalue weighted by Gasteiger charge is -2.11. The molecule has 1 aromatic heterocycles. The molecule has 0 spiro atoms. The van der Waals surface area contributed by atoms with Gasteiger partial charge in [-0.25, -0.2) is 0 Å². The van der Waals surface area contributed by atoms with E-state index in [0.29, 0.717) is 16.3 Å². The van der Waals surface area contributed by atoms with Crippen LogP contribution < -0.4 is 10.6 Å². The number of hydrogen-bond donors (Lipinski definition) is 2. The molecule has 0 fully saturated rings. The second kappa shape index (κ2) is 6.39. The fraction of sp³-hybridized carbons (Fsp3) is 0.200. The van der Waals surface area contributed by atoms with E-state index in [4.69, 9.17) is 11.6 Å². The molecule has 5 heteroatoms. The molecule has 4 nitrogen and oxygen atoms in total. The van der Waals surface area contributed by atoms with Gasteiger partial charge < -0.3 is 10.6 Å². The Bertz CT molecular complexity index is 628. The molecule has 2 aromatic rings. The van der Waals surface area contributed by atoms with Crippen LogP contribution >= 0.6 is 11.6 Å². The molecule has 1 heterocycles. The summed E-state index contributed by atoms with van der Waals surface area (Å²) in [6, 6.07) is 7.20. The number of halogens is 1. The fourth-order valence-corrected chi connectivity index (χ4v) is 1.97. The Morgan fingerprint density at radius 3 is 2.85 bits per heavy atom. The van der Waals surface area contributed by atoms with E-state index in [2.05, 4.69) is 15.6 Å². The summed E-state index contributed by atoms with van der Waals surface area (Å²) >= 11 is 6.05. The van der Waals surface area contributed by atoms with Gasteiger partial charge in [0.05, 0.1) is 11.3 Å². The van der Waals surface area contributed by atoms with Crippen molar-refractivity contribution in [2.75, 3.05) is 17.2 Å². The number of nitrogens with one attached hydrogen (secondary N) is 2. The second-order valence-corrected chi connectivity index (χ2v) is 4.78. The van der Waals surface area contributed by atoms with Gasteiger partial charge in [0, 0.05) is 29.6 Å². The summed E-state index contributed by atoms with van der Waals surface area (Å²) in [5.41, 5.74) is 2.90. The second-order valence-electron chi connectivity index (χ2n) is 4.37. The van der Waals surface area contributed by atoms with Crippen LogP contribution in [0.3, 0.4) is 0 Å². The number of carbonyl (C=O) groups excluding carboxylic acids is 1. The lowest BCUT2D eigenvalue weighted by molar-refractivity contribution is 0.102. The number of aryl methyl sites for hydroxylation is 1. The summed E-state index contributed by atoms with van der Waals surface area (Å²) in [5, 5.41) is 6.58. The first kappa shape index (κ1) is 14.3. The lowest BCUT2D eigenvalue weighted by Crippen LogP contribution is -2.15. The minimum Gasteiger partial charge on any atom is -0.385 e. The van der Waals surface area contributed by atoms with Crippen molar-refractivity contribution in [1.82, 2.24) is 4.98 Å². The predicted molar refractivity (Wildman–Crippen MR) is 82.5 cm³/mol. The Balaban J connectivity index is 2.21. The fourth-order valence-electron chi connectivity index (χ4n) is 1.79. The molecule has 0 aliphatic carbocycles. The lowest BCUT2D eigenvalue weighted by atomic mass is 10.2. The van der Waals surface area contributed by atoms with Crippen molar-refractivity contribution in [2.45, 2.75) is 13.8 Å². The zero-order chi connectivity index (χ0) is 14.5. The monoisotopic (exact) mass is 289 g/mol. The zero-order valence-corrected chi connectivity index (χ0v) is 12.2. The summed E-state index contributed by atoms with van der Waals surface area (Å²) in [5.74, 6) is -0.214. The molecule has 20 heavy (non-hydrogen) atoms. The van der Waals surface area contributed by atoms with E-state index < -0.39 is 0 Å². The normalized spacial score (nSPS) is 10.2. The molecule has 0 bridgehead atoms. The van der Waals surface area contributed by atoms with Crippen molar-refractivity contribution >= 4 is 28.9 Å². The predicted octanol–water partition coefficient (Wildman–Crippen LogP) is 3.73. The van der Waals surface area contributed by atoms with E-state index in [1.54, 1.807) is 24.5 Å². The third-order valence-electron chi connectivity index (χ3n) is 2.86. The van der Waals surface area contributed by atoms with Gasteiger partial charge in [-0.2, -0.15) is 0 Å². The Hall–Kier alpha value is -2.07. The first-order chi connectivity index (χ1) is 9.61.